The van der Waals surface area contributed by atoms with Gasteiger partial charge in [-0.2, -0.15) is 0 Å². The Labute approximate surface area is 151 Å². The maximum atomic E-state index is 11.8. The Hall–Kier alpha value is -3.06. The summed E-state index contributed by atoms with van der Waals surface area (Å²) in [7, 11) is 4.67. The lowest BCUT2D eigenvalue weighted by Crippen LogP contribution is -2.17. The molecule has 136 valence electrons. The van der Waals surface area contributed by atoms with E-state index in [0.717, 1.165) is 27.8 Å². The molecule has 0 bridgehead atoms. The Bertz CT molecular complexity index is 908. The predicted octanol–water partition coefficient (Wildman–Crippen LogP) is 3.14. The molecule has 0 unspecified atom stereocenters. The normalized spacial score (nSPS) is 10.8. The van der Waals surface area contributed by atoms with E-state index in [4.69, 9.17) is 14.2 Å². The minimum atomic E-state index is -0.202. The number of aromatic nitrogens is 2. The number of hydrogen-bond acceptors (Lipinski definition) is 5. The van der Waals surface area contributed by atoms with Crippen LogP contribution in [0.1, 0.15) is 5.56 Å². The van der Waals surface area contributed by atoms with Crippen LogP contribution in [0.3, 0.4) is 0 Å². The van der Waals surface area contributed by atoms with Crippen molar-refractivity contribution < 1.29 is 19.0 Å². The van der Waals surface area contributed by atoms with Crippen molar-refractivity contribution in [3.05, 3.63) is 35.9 Å². The molecule has 1 amide bonds. The monoisotopic (exact) mass is 355 g/mol. The number of aromatic amines is 1. The molecule has 3 aromatic rings. The first-order chi connectivity index (χ1) is 12.5. The molecule has 0 radical (unpaired) electrons. The summed E-state index contributed by atoms with van der Waals surface area (Å²) in [5.74, 6) is 1.74. The Morgan fingerprint density at radius 1 is 1.12 bits per heavy atom. The van der Waals surface area contributed by atoms with Crippen molar-refractivity contribution in [2.75, 3.05) is 33.3 Å². The van der Waals surface area contributed by atoms with E-state index in [2.05, 4.69) is 15.3 Å². The van der Waals surface area contributed by atoms with E-state index in [-0.39, 0.29) is 12.5 Å². The lowest BCUT2D eigenvalue weighted by Gasteiger charge is -2.09. The maximum absolute atomic E-state index is 11.8. The van der Waals surface area contributed by atoms with Gasteiger partial charge in [-0.15, -0.1) is 0 Å². The highest BCUT2D eigenvalue weighted by Crippen LogP contribution is 2.33. The first kappa shape index (κ1) is 17.8. The van der Waals surface area contributed by atoms with Gasteiger partial charge < -0.3 is 24.5 Å². The molecule has 26 heavy (non-hydrogen) atoms. The van der Waals surface area contributed by atoms with Crippen LogP contribution in [0.2, 0.25) is 0 Å². The van der Waals surface area contributed by atoms with Crippen molar-refractivity contribution in [1.82, 2.24) is 9.97 Å². The molecule has 7 nitrogen and oxygen atoms in total. The van der Waals surface area contributed by atoms with Gasteiger partial charge in [-0.25, -0.2) is 4.98 Å². The van der Waals surface area contributed by atoms with Gasteiger partial charge in [0.15, 0.2) is 11.5 Å². The molecule has 1 heterocycles. The number of imidazole rings is 1. The average molecular weight is 355 g/mol. The van der Waals surface area contributed by atoms with Gasteiger partial charge in [0.25, 0.3) is 0 Å². The second kappa shape index (κ2) is 7.45. The minimum Gasteiger partial charge on any atom is -0.493 e. The number of anilines is 1. The molecule has 0 saturated carbocycles. The van der Waals surface area contributed by atoms with Crippen LogP contribution >= 0.6 is 0 Å². The Kier molecular flexibility index (Phi) is 5.09. The molecule has 0 saturated heterocycles. The van der Waals surface area contributed by atoms with E-state index in [9.17, 15) is 4.79 Å². The van der Waals surface area contributed by atoms with Gasteiger partial charge in [0.1, 0.15) is 12.4 Å². The van der Waals surface area contributed by atoms with Gasteiger partial charge in [0.2, 0.25) is 5.91 Å². The Balaban J connectivity index is 1.99. The second-order valence-electron chi connectivity index (χ2n) is 5.82. The zero-order chi connectivity index (χ0) is 18.7. The summed E-state index contributed by atoms with van der Waals surface area (Å²) in [5.41, 5.74) is 4.14. The van der Waals surface area contributed by atoms with Gasteiger partial charge in [-0.3, -0.25) is 4.79 Å². The first-order valence-corrected chi connectivity index (χ1v) is 8.07. The number of benzene rings is 2. The highest BCUT2D eigenvalue weighted by Gasteiger charge is 2.12. The van der Waals surface area contributed by atoms with E-state index in [0.29, 0.717) is 17.3 Å². The third-order valence-corrected chi connectivity index (χ3v) is 4.05. The summed E-state index contributed by atoms with van der Waals surface area (Å²) >= 11 is 0. The fourth-order valence-corrected chi connectivity index (χ4v) is 2.69. The molecule has 1 aromatic heterocycles. The summed E-state index contributed by atoms with van der Waals surface area (Å²) in [5, 5.41) is 2.85. The van der Waals surface area contributed by atoms with Gasteiger partial charge in [-0.1, -0.05) is 12.1 Å². The van der Waals surface area contributed by atoms with Crippen LogP contribution in [-0.2, 0) is 9.53 Å². The highest BCUT2D eigenvalue weighted by atomic mass is 16.5. The van der Waals surface area contributed by atoms with Crippen molar-refractivity contribution in [2.45, 2.75) is 6.92 Å². The number of aryl methyl sites for hydroxylation is 1. The van der Waals surface area contributed by atoms with E-state index in [1.165, 1.54) is 7.11 Å². The molecule has 3 rings (SSSR count). The summed E-state index contributed by atoms with van der Waals surface area (Å²) < 4.78 is 15.5. The molecule has 0 spiro atoms. The number of amides is 1. The number of nitrogens with zero attached hydrogens (tertiary/aromatic N) is 1. The molecule has 2 aromatic carbocycles. The Morgan fingerprint density at radius 2 is 1.85 bits per heavy atom. The van der Waals surface area contributed by atoms with Crippen molar-refractivity contribution >= 4 is 22.6 Å². The number of ether oxygens (including phenoxy) is 3. The van der Waals surface area contributed by atoms with E-state index < -0.39 is 0 Å². The molecule has 0 fully saturated rings. The van der Waals surface area contributed by atoms with Crippen LogP contribution in [0, 0.1) is 6.92 Å². The van der Waals surface area contributed by atoms with E-state index >= 15 is 0 Å². The zero-order valence-electron chi connectivity index (χ0n) is 15.2. The molecule has 7 heteroatoms. The molecule has 2 N–H and O–H groups in total. The van der Waals surface area contributed by atoms with Gasteiger partial charge in [-0.05, 0) is 18.6 Å². The average Bonchev–Trinajstić information content (AvgIpc) is 3.05. The molecular weight excluding hydrogens is 334 g/mol. The van der Waals surface area contributed by atoms with Crippen LogP contribution in [0.15, 0.2) is 30.3 Å². The number of carbonyl (C=O) groups excluding carboxylic acids is 1. The summed E-state index contributed by atoms with van der Waals surface area (Å²) in [4.78, 5) is 19.7. The molecule has 0 aliphatic carbocycles. The predicted molar refractivity (Wildman–Crippen MR) is 99.9 cm³/mol. The number of nitrogens with one attached hydrogen (secondary N) is 2. The van der Waals surface area contributed by atoms with E-state index in [1.807, 2.05) is 37.3 Å². The second-order valence-corrected chi connectivity index (χ2v) is 5.82. The van der Waals surface area contributed by atoms with Crippen LogP contribution < -0.4 is 14.8 Å². The van der Waals surface area contributed by atoms with Crippen LogP contribution in [0.5, 0.6) is 11.5 Å². The molecular formula is C19H21N3O4. The first-order valence-electron chi connectivity index (χ1n) is 8.07. The minimum absolute atomic E-state index is 0.00783. The van der Waals surface area contributed by atoms with Crippen LogP contribution in [0.25, 0.3) is 22.4 Å². The number of fused-ring (bicyclic) bond motifs is 1. The molecule has 0 aliphatic heterocycles. The van der Waals surface area contributed by atoms with Gasteiger partial charge >= 0.3 is 0 Å². The number of rotatable bonds is 6. The summed E-state index contributed by atoms with van der Waals surface area (Å²) in [6.07, 6.45) is 0. The number of hydrogen-bond donors (Lipinski definition) is 2. The van der Waals surface area contributed by atoms with Crippen molar-refractivity contribution in [3.8, 4) is 22.9 Å². The van der Waals surface area contributed by atoms with Gasteiger partial charge in [0, 0.05) is 30.5 Å². The van der Waals surface area contributed by atoms with Crippen molar-refractivity contribution in [1.29, 1.82) is 0 Å². The largest absolute Gasteiger partial charge is 0.493 e. The SMILES string of the molecule is COCC(=O)Nc1cc(-c2nc3cc(OC)c(OC)cc3[nH]2)ccc1C. The van der Waals surface area contributed by atoms with Crippen molar-refractivity contribution in [3.63, 3.8) is 0 Å². The topological polar surface area (TPSA) is 85.5 Å². The van der Waals surface area contributed by atoms with Gasteiger partial charge in [0.05, 0.1) is 25.3 Å². The zero-order valence-corrected chi connectivity index (χ0v) is 15.2. The highest BCUT2D eigenvalue weighted by molar-refractivity contribution is 5.93. The fraction of sp³-hybridized carbons (Fsp3) is 0.263. The number of methoxy groups -OCH3 is 3. The third-order valence-electron chi connectivity index (χ3n) is 4.05. The van der Waals surface area contributed by atoms with Crippen LogP contribution in [-0.4, -0.2) is 43.8 Å². The number of carbonyl (C=O) groups is 1. The molecule has 0 aliphatic rings. The quantitative estimate of drug-likeness (QED) is 0.709. The lowest BCUT2D eigenvalue weighted by molar-refractivity contribution is -0.119. The van der Waals surface area contributed by atoms with E-state index in [1.54, 1.807) is 14.2 Å². The van der Waals surface area contributed by atoms with Crippen LogP contribution in [0.4, 0.5) is 5.69 Å². The lowest BCUT2D eigenvalue weighted by atomic mass is 10.1. The summed E-state index contributed by atoms with van der Waals surface area (Å²) in [6, 6.07) is 9.44. The maximum Gasteiger partial charge on any atom is 0.250 e. The third kappa shape index (κ3) is 3.48. The molecule has 0 atom stereocenters. The Morgan fingerprint density at radius 3 is 2.54 bits per heavy atom. The fourth-order valence-electron chi connectivity index (χ4n) is 2.69. The number of H-pyrrole nitrogens is 1. The summed E-state index contributed by atoms with van der Waals surface area (Å²) in [6.45, 7) is 1.94. The standard InChI is InChI=1S/C19H21N3O4/c1-11-5-6-12(7-13(11)20-18(23)10-24-2)19-21-14-8-16(25-3)17(26-4)9-15(14)22-19/h5-9H,10H2,1-4H3,(H,20,23)(H,21,22). The smallest absolute Gasteiger partial charge is 0.250 e. The van der Waals surface area contributed by atoms with Crippen molar-refractivity contribution in [2.24, 2.45) is 0 Å².